The van der Waals surface area contributed by atoms with Gasteiger partial charge in [0, 0.05) is 18.1 Å². The van der Waals surface area contributed by atoms with Crippen molar-refractivity contribution in [3.63, 3.8) is 0 Å². The van der Waals surface area contributed by atoms with E-state index >= 15 is 0 Å². The molecular weight excluding hydrogens is 288 g/mol. The van der Waals surface area contributed by atoms with Crippen LogP contribution in [-0.4, -0.2) is 26.7 Å². The molecule has 0 aliphatic heterocycles. The maximum Gasteiger partial charge on any atom is 0.0930 e. The van der Waals surface area contributed by atoms with Crippen LogP contribution in [0.5, 0.6) is 0 Å². The second kappa shape index (κ2) is 5.07. The van der Waals surface area contributed by atoms with E-state index in [0.29, 0.717) is 0 Å². The van der Waals surface area contributed by atoms with Gasteiger partial charge < -0.3 is 0 Å². The van der Waals surface area contributed by atoms with E-state index in [2.05, 4.69) is 43.3 Å². The van der Waals surface area contributed by atoms with Crippen molar-refractivity contribution in [2.24, 2.45) is 0 Å². The van der Waals surface area contributed by atoms with Gasteiger partial charge in [0.25, 0.3) is 0 Å². The van der Waals surface area contributed by atoms with Crippen LogP contribution in [0.25, 0.3) is 0 Å². The van der Waals surface area contributed by atoms with E-state index in [4.69, 9.17) is 0 Å². The molecule has 0 fully saturated rings. The largest absolute Gasteiger partial charge is 0.282 e. The lowest BCUT2D eigenvalue weighted by atomic mass is 10.4. The van der Waals surface area contributed by atoms with Gasteiger partial charge in [-0.15, -0.1) is 11.3 Å². The Hall–Kier alpha value is -0.720. The average Bonchev–Trinajstić information content (AvgIpc) is 2.76. The number of thiazole rings is 1. The summed E-state index contributed by atoms with van der Waals surface area (Å²) >= 11 is 5.07. The minimum absolute atomic E-state index is 0.766. The summed E-state index contributed by atoms with van der Waals surface area (Å²) in [6.07, 6.45) is 3.75. The first-order valence-corrected chi connectivity index (χ1v) is 6.58. The van der Waals surface area contributed by atoms with Gasteiger partial charge >= 0.3 is 0 Å². The smallest absolute Gasteiger partial charge is 0.0930 e. The van der Waals surface area contributed by atoms with E-state index in [1.165, 1.54) is 0 Å². The number of rotatable bonds is 4. The van der Waals surface area contributed by atoms with Crippen LogP contribution in [-0.2, 0) is 13.2 Å². The Morgan fingerprint density at radius 1 is 1.56 bits per heavy atom. The summed E-state index contributed by atoms with van der Waals surface area (Å²) in [5.74, 6) is 0. The fourth-order valence-corrected chi connectivity index (χ4v) is 2.40. The van der Waals surface area contributed by atoms with Crippen molar-refractivity contribution in [2.45, 2.75) is 20.1 Å². The third-order valence-electron chi connectivity index (χ3n) is 2.09. The van der Waals surface area contributed by atoms with E-state index in [1.54, 1.807) is 17.5 Å². The van der Waals surface area contributed by atoms with E-state index in [9.17, 15) is 0 Å². The molecule has 2 heterocycles. The minimum atomic E-state index is 0.766. The van der Waals surface area contributed by atoms with Crippen molar-refractivity contribution in [3.05, 3.63) is 32.9 Å². The Labute approximate surface area is 107 Å². The zero-order valence-corrected chi connectivity index (χ0v) is 11.6. The summed E-state index contributed by atoms with van der Waals surface area (Å²) < 4.78 is 2.90. The molecule has 0 aromatic carbocycles. The third-order valence-corrected chi connectivity index (χ3v) is 3.32. The molecule has 86 valence electrons. The molecule has 4 nitrogen and oxygen atoms in total. The van der Waals surface area contributed by atoms with Gasteiger partial charge in [0.1, 0.15) is 0 Å². The lowest BCUT2D eigenvalue weighted by Crippen LogP contribution is -2.22. The van der Waals surface area contributed by atoms with Gasteiger partial charge in [-0.2, -0.15) is 5.10 Å². The number of hydrogen-bond donors (Lipinski definition) is 0. The van der Waals surface area contributed by atoms with Gasteiger partial charge in [0.2, 0.25) is 0 Å². The number of aryl methyl sites for hydroxylation is 1. The standard InChI is InChI=1S/C10H13BrN4S/c1-8-13-10(6-16-8)5-14(2)7-15-4-9(11)3-12-15/h3-4,6H,5,7H2,1-2H3. The number of aromatic nitrogens is 3. The molecule has 16 heavy (non-hydrogen) atoms. The summed E-state index contributed by atoms with van der Waals surface area (Å²) in [5.41, 5.74) is 1.12. The molecule has 0 bridgehead atoms. The number of halogens is 1. The van der Waals surface area contributed by atoms with Crippen molar-refractivity contribution < 1.29 is 0 Å². The molecule has 0 saturated carbocycles. The highest BCUT2D eigenvalue weighted by atomic mass is 79.9. The molecule has 0 radical (unpaired) electrons. The highest BCUT2D eigenvalue weighted by Crippen LogP contribution is 2.11. The predicted octanol–water partition coefficient (Wildman–Crippen LogP) is 2.50. The summed E-state index contributed by atoms with van der Waals surface area (Å²) in [6, 6.07) is 0. The molecule has 0 atom stereocenters. The van der Waals surface area contributed by atoms with Gasteiger partial charge in [0.05, 0.1) is 28.0 Å². The molecule has 2 rings (SSSR count). The monoisotopic (exact) mass is 300 g/mol. The first kappa shape index (κ1) is 11.8. The van der Waals surface area contributed by atoms with Crippen LogP contribution in [0.4, 0.5) is 0 Å². The van der Waals surface area contributed by atoms with Crippen LogP contribution in [0.3, 0.4) is 0 Å². The zero-order chi connectivity index (χ0) is 11.5. The third kappa shape index (κ3) is 3.13. The van der Waals surface area contributed by atoms with Gasteiger partial charge in [0.15, 0.2) is 0 Å². The quantitative estimate of drug-likeness (QED) is 0.870. The fourth-order valence-electron chi connectivity index (χ4n) is 1.47. The highest BCUT2D eigenvalue weighted by molar-refractivity contribution is 9.10. The molecule has 0 unspecified atom stereocenters. The van der Waals surface area contributed by atoms with Crippen LogP contribution >= 0.6 is 27.3 Å². The number of hydrogen-bond acceptors (Lipinski definition) is 4. The van der Waals surface area contributed by atoms with Crippen molar-refractivity contribution in [2.75, 3.05) is 7.05 Å². The minimum Gasteiger partial charge on any atom is -0.282 e. The van der Waals surface area contributed by atoms with Crippen LogP contribution in [0.15, 0.2) is 22.2 Å². The van der Waals surface area contributed by atoms with Crippen LogP contribution in [0, 0.1) is 6.92 Å². The predicted molar refractivity (Wildman–Crippen MR) is 68.2 cm³/mol. The summed E-state index contributed by atoms with van der Waals surface area (Å²) in [6.45, 7) is 3.64. The zero-order valence-electron chi connectivity index (χ0n) is 9.22. The second-order valence-corrected chi connectivity index (χ2v) is 5.69. The normalized spacial score (nSPS) is 11.2. The molecule has 0 amide bonds. The summed E-state index contributed by atoms with van der Waals surface area (Å²) in [7, 11) is 2.06. The van der Waals surface area contributed by atoms with Crippen molar-refractivity contribution >= 4 is 27.3 Å². The van der Waals surface area contributed by atoms with E-state index < -0.39 is 0 Å². The molecule has 2 aromatic heterocycles. The van der Waals surface area contributed by atoms with Crippen LogP contribution in [0.2, 0.25) is 0 Å². The fraction of sp³-hybridized carbons (Fsp3) is 0.400. The first-order chi connectivity index (χ1) is 7.63. The van der Waals surface area contributed by atoms with E-state index in [1.807, 2.05) is 17.8 Å². The summed E-state index contributed by atoms with van der Waals surface area (Å²) in [5, 5.41) is 7.43. The molecule has 2 aromatic rings. The van der Waals surface area contributed by atoms with Crippen LogP contribution < -0.4 is 0 Å². The maximum atomic E-state index is 4.44. The number of nitrogens with zero attached hydrogens (tertiary/aromatic N) is 4. The molecule has 0 aliphatic rings. The van der Waals surface area contributed by atoms with E-state index in [0.717, 1.165) is 28.4 Å². The molecule has 0 N–H and O–H groups in total. The molecule has 0 spiro atoms. The SMILES string of the molecule is Cc1nc(CN(C)Cn2cc(Br)cn2)cs1. The highest BCUT2D eigenvalue weighted by Gasteiger charge is 2.04. The van der Waals surface area contributed by atoms with Gasteiger partial charge in [-0.05, 0) is 29.9 Å². The lowest BCUT2D eigenvalue weighted by Gasteiger charge is -2.14. The molecule has 6 heteroatoms. The Balaban J connectivity index is 1.91. The van der Waals surface area contributed by atoms with Crippen molar-refractivity contribution in [3.8, 4) is 0 Å². The Morgan fingerprint density at radius 2 is 2.38 bits per heavy atom. The van der Waals surface area contributed by atoms with Crippen molar-refractivity contribution in [1.82, 2.24) is 19.7 Å². The second-order valence-electron chi connectivity index (χ2n) is 3.71. The van der Waals surface area contributed by atoms with Gasteiger partial charge in [-0.25, -0.2) is 4.98 Å². The van der Waals surface area contributed by atoms with Gasteiger partial charge in [-0.3, -0.25) is 9.58 Å². The lowest BCUT2D eigenvalue weighted by molar-refractivity contribution is 0.244. The summed E-state index contributed by atoms with van der Waals surface area (Å²) in [4.78, 5) is 6.61. The maximum absolute atomic E-state index is 4.44. The van der Waals surface area contributed by atoms with Crippen molar-refractivity contribution in [1.29, 1.82) is 0 Å². The van der Waals surface area contributed by atoms with Gasteiger partial charge in [-0.1, -0.05) is 0 Å². The van der Waals surface area contributed by atoms with Crippen LogP contribution in [0.1, 0.15) is 10.7 Å². The molecular formula is C10H13BrN4S. The topological polar surface area (TPSA) is 34.0 Å². The molecule has 0 saturated heterocycles. The Bertz CT molecular complexity index is 423. The Kier molecular flexibility index (Phi) is 3.73. The average molecular weight is 301 g/mol. The Morgan fingerprint density at radius 3 is 2.94 bits per heavy atom. The van der Waals surface area contributed by atoms with E-state index in [-0.39, 0.29) is 0 Å². The first-order valence-electron chi connectivity index (χ1n) is 4.91. The molecule has 0 aliphatic carbocycles.